The lowest BCUT2D eigenvalue weighted by molar-refractivity contribution is 0.445. The third-order valence-corrected chi connectivity index (χ3v) is 5.95. The van der Waals surface area contributed by atoms with Crippen LogP contribution in [0.1, 0.15) is 19.3 Å². The molecular formula is C12H16N2O3S. The average Bonchev–Trinajstić information content (AvgIpc) is 2.89. The van der Waals surface area contributed by atoms with Crippen LogP contribution in [0.15, 0.2) is 28.2 Å². The predicted octanol–water partition coefficient (Wildman–Crippen LogP) is 0.795. The third kappa shape index (κ3) is 1.80. The van der Waals surface area contributed by atoms with Gasteiger partial charge >= 0.3 is 0 Å². The number of aromatic amines is 1. The van der Waals surface area contributed by atoms with Crippen molar-refractivity contribution in [1.29, 1.82) is 0 Å². The molecule has 5 nitrogen and oxygen atoms in total. The van der Waals surface area contributed by atoms with Crippen LogP contribution < -0.4 is 5.43 Å². The van der Waals surface area contributed by atoms with Gasteiger partial charge in [0, 0.05) is 31.5 Å². The predicted molar refractivity (Wildman–Crippen MR) is 66.7 cm³/mol. The zero-order valence-corrected chi connectivity index (χ0v) is 10.8. The molecule has 0 radical (unpaired) electrons. The Morgan fingerprint density at radius 1 is 1.22 bits per heavy atom. The molecule has 0 spiro atoms. The standard InChI is InChI=1S/C12H16N2O3S/c15-11-4-5-13-6-12(11)18(16,17)14-7-9-2-1-3-10(9)8-14/h4-6,9-10H,1-3,7-8H2,(H,13,15). The van der Waals surface area contributed by atoms with Gasteiger partial charge in [0.1, 0.15) is 4.90 Å². The molecule has 2 fully saturated rings. The number of hydrogen-bond acceptors (Lipinski definition) is 3. The summed E-state index contributed by atoms with van der Waals surface area (Å²) in [6.07, 6.45) is 6.16. The Balaban J connectivity index is 1.93. The molecule has 3 rings (SSSR count). The third-order valence-electron chi connectivity index (χ3n) is 4.10. The Labute approximate surface area is 106 Å². The van der Waals surface area contributed by atoms with Crippen molar-refractivity contribution in [3.8, 4) is 0 Å². The fourth-order valence-corrected chi connectivity index (χ4v) is 4.72. The molecule has 1 aromatic rings. The highest BCUT2D eigenvalue weighted by molar-refractivity contribution is 7.89. The maximum atomic E-state index is 12.4. The zero-order valence-electron chi connectivity index (χ0n) is 10.0. The van der Waals surface area contributed by atoms with Crippen LogP contribution in [0, 0.1) is 11.8 Å². The van der Waals surface area contributed by atoms with Crippen molar-refractivity contribution in [3.63, 3.8) is 0 Å². The first kappa shape index (κ1) is 11.9. The van der Waals surface area contributed by atoms with Gasteiger partial charge in [-0.3, -0.25) is 4.79 Å². The highest BCUT2D eigenvalue weighted by Crippen LogP contribution is 2.39. The van der Waals surface area contributed by atoms with E-state index in [-0.39, 0.29) is 4.90 Å². The number of hydrogen-bond donors (Lipinski definition) is 1. The lowest BCUT2D eigenvalue weighted by Gasteiger charge is -2.16. The van der Waals surface area contributed by atoms with Gasteiger partial charge in [0.2, 0.25) is 15.5 Å². The van der Waals surface area contributed by atoms with Crippen molar-refractivity contribution in [2.24, 2.45) is 11.8 Å². The molecule has 6 heteroatoms. The van der Waals surface area contributed by atoms with Gasteiger partial charge in [0.25, 0.3) is 0 Å². The van der Waals surface area contributed by atoms with E-state index in [0.29, 0.717) is 24.9 Å². The summed E-state index contributed by atoms with van der Waals surface area (Å²) in [6, 6.07) is 1.25. The van der Waals surface area contributed by atoms with Gasteiger partial charge in [-0.25, -0.2) is 8.42 Å². The monoisotopic (exact) mass is 268 g/mol. The minimum Gasteiger partial charge on any atom is -0.366 e. The molecule has 2 heterocycles. The van der Waals surface area contributed by atoms with E-state index in [1.54, 1.807) is 0 Å². The van der Waals surface area contributed by atoms with Gasteiger partial charge in [0.15, 0.2) is 0 Å². The second kappa shape index (κ2) is 4.20. The minimum atomic E-state index is -3.62. The normalized spacial score (nSPS) is 28.4. The molecule has 2 atom stereocenters. The van der Waals surface area contributed by atoms with Crippen molar-refractivity contribution in [3.05, 3.63) is 28.7 Å². The number of nitrogens with one attached hydrogen (secondary N) is 1. The second-order valence-electron chi connectivity index (χ2n) is 5.15. The highest BCUT2D eigenvalue weighted by Gasteiger charge is 2.41. The van der Waals surface area contributed by atoms with Gasteiger partial charge in [0.05, 0.1) is 0 Å². The van der Waals surface area contributed by atoms with Gasteiger partial charge in [-0.2, -0.15) is 4.31 Å². The Morgan fingerprint density at radius 3 is 2.50 bits per heavy atom. The lowest BCUT2D eigenvalue weighted by Crippen LogP contribution is -2.32. The maximum absolute atomic E-state index is 12.4. The largest absolute Gasteiger partial charge is 0.366 e. The first-order chi connectivity index (χ1) is 8.59. The van der Waals surface area contributed by atoms with Crippen LogP contribution >= 0.6 is 0 Å². The number of fused-ring (bicyclic) bond motifs is 1. The molecular weight excluding hydrogens is 252 g/mol. The van der Waals surface area contributed by atoms with E-state index in [0.717, 1.165) is 12.8 Å². The summed E-state index contributed by atoms with van der Waals surface area (Å²) in [6.45, 7) is 1.14. The molecule has 1 aliphatic heterocycles. The number of pyridine rings is 1. The molecule has 1 aromatic heterocycles. The van der Waals surface area contributed by atoms with Crippen LogP contribution in [0.25, 0.3) is 0 Å². The molecule has 1 aliphatic carbocycles. The van der Waals surface area contributed by atoms with Crippen molar-refractivity contribution in [2.45, 2.75) is 24.2 Å². The van der Waals surface area contributed by atoms with Crippen molar-refractivity contribution in [2.75, 3.05) is 13.1 Å². The molecule has 1 saturated heterocycles. The highest BCUT2D eigenvalue weighted by atomic mass is 32.2. The van der Waals surface area contributed by atoms with Crippen LogP contribution in [-0.2, 0) is 10.0 Å². The number of nitrogens with zero attached hydrogens (tertiary/aromatic N) is 1. The van der Waals surface area contributed by atoms with E-state index >= 15 is 0 Å². The van der Waals surface area contributed by atoms with Crippen LogP contribution in [0.3, 0.4) is 0 Å². The molecule has 0 aromatic carbocycles. The quantitative estimate of drug-likeness (QED) is 0.862. The van der Waals surface area contributed by atoms with Crippen LogP contribution in [0.5, 0.6) is 0 Å². The zero-order chi connectivity index (χ0) is 12.8. The SMILES string of the molecule is O=c1cc[nH]cc1S(=O)(=O)N1CC2CCCC2C1. The molecule has 0 amide bonds. The summed E-state index contributed by atoms with van der Waals surface area (Å²) >= 11 is 0. The van der Waals surface area contributed by atoms with Crippen molar-refractivity contribution >= 4 is 10.0 Å². The van der Waals surface area contributed by atoms with E-state index in [1.165, 1.54) is 29.2 Å². The Kier molecular flexibility index (Phi) is 2.79. The molecule has 1 saturated carbocycles. The van der Waals surface area contributed by atoms with Gasteiger partial charge in [-0.1, -0.05) is 6.42 Å². The summed E-state index contributed by atoms with van der Waals surface area (Å²) < 4.78 is 26.3. The smallest absolute Gasteiger partial charge is 0.248 e. The van der Waals surface area contributed by atoms with Crippen molar-refractivity contribution < 1.29 is 8.42 Å². The first-order valence-corrected chi connectivity index (χ1v) is 7.70. The fourth-order valence-electron chi connectivity index (χ4n) is 3.13. The summed E-state index contributed by atoms with van der Waals surface area (Å²) in [5.74, 6) is 0.977. The van der Waals surface area contributed by atoms with E-state index in [2.05, 4.69) is 4.98 Å². The summed E-state index contributed by atoms with van der Waals surface area (Å²) in [5, 5.41) is 0. The van der Waals surface area contributed by atoms with Gasteiger partial charge in [-0.15, -0.1) is 0 Å². The summed E-state index contributed by atoms with van der Waals surface area (Å²) in [5.41, 5.74) is -0.439. The minimum absolute atomic E-state index is 0.134. The van der Waals surface area contributed by atoms with Gasteiger partial charge in [-0.05, 0) is 24.7 Å². The number of rotatable bonds is 2. The summed E-state index contributed by atoms with van der Waals surface area (Å²) in [7, 11) is -3.62. The van der Waals surface area contributed by atoms with Crippen LogP contribution in [0.2, 0.25) is 0 Å². The van der Waals surface area contributed by atoms with Gasteiger partial charge < -0.3 is 4.98 Å². The molecule has 2 aliphatic rings. The van der Waals surface area contributed by atoms with E-state index in [4.69, 9.17) is 0 Å². The molecule has 18 heavy (non-hydrogen) atoms. The molecule has 2 unspecified atom stereocenters. The Bertz CT molecular complexity index is 596. The van der Waals surface area contributed by atoms with Crippen LogP contribution in [-0.4, -0.2) is 30.8 Å². The topological polar surface area (TPSA) is 70.2 Å². The molecule has 98 valence electrons. The lowest BCUT2D eigenvalue weighted by atomic mass is 10.0. The Morgan fingerprint density at radius 2 is 1.89 bits per heavy atom. The van der Waals surface area contributed by atoms with E-state index in [9.17, 15) is 13.2 Å². The van der Waals surface area contributed by atoms with Crippen molar-refractivity contribution in [1.82, 2.24) is 9.29 Å². The van der Waals surface area contributed by atoms with Crippen LogP contribution in [0.4, 0.5) is 0 Å². The molecule has 1 N–H and O–H groups in total. The average molecular weight is 268 g/mol. The van der Waals surface area contributed by atoms with E-state index in [1.807, 2.05) is 0 Å². The van der Waals surface area contributed by atoms with E-state index < -0.39 is 15.5 Å². The maximum Gasteiger partial charge on any atom is 0.248 e. The Hall–Kier alpha value is -1.14. The molecule has 0 bridgehead atoms. The number of aromatic nitrogens is 1. The summed E-state index contributed by atoms with van der Waals surface area (Å²) in [4.78, 5) is 14.2. The fraction of sp³-hybridized carbons (Fsp3) is 0.583. The first-order valence-electron chi connectivity index (χ1n) is 6.26. The number of H-pyrrole nitrogens is 1. The number of sulfonamides is 1. The second-order valence-corrected chi connectivity index (χ2v) is 7.05.